The Balaban J connectivity index is 7.21. The Labute approximate surface area is 181 Å². The Hall–Kier alpha value is 0. The summed E-state index contributed by atoms with van der Waals surface area (Å²) in [5.41, 5.74) is 1.72. The molecule has 2 atom stereocenters. The van der Waals surface area contributed by atoms with E-state index in [4.69, 9.17) is 0 Å². The van der Waals surface area contributed by atoms with Crippen LogP contribution in [-0.4, -0.2) is 0 Å². The highest BCUT2D eigenvalue weighted by molar-refractivity contribution is 5.13. The first-order valence-corrected chi connectivity index (χ1v) is 12.0. The van der Waals surface area contributed by atoms with E-state index in [1.807, 2.05) is 0 Å². The molecule has 0 aliphatic rings. The minimum atomic E-state index is 0.215. The molecule has 2 unspecified atom stereocenters. The van der Waals surface area contributed by atoms with E-state index in [1.165, 1.54) is 19.3 Å². The van der Waals surface area contributed by atoms with Crippen LogP contribution in [0.1, 0.15) is 137 Å². The van der Waals surface area contributed by atoms with E-state index in [2.05, 4.69) is 118 Å². The highest BCUT2D eigenvalue weighted by Crippen LogP contribution is 2.72. The molecule has 0 aromatic carbocycles. The molecule has 0 aliphatic carbocycles. The standard InChI is InChI=1S/C28H58/c1-18-28(19-2,27(17,21(3)4)24(11,12)13)26(16,23(8,9)10)20-25(14,15)22(5,6)7/h21H,18-20H2,1-17H3. The van der Waals surface area contributed by atoms with E-state index in [0.29, 0.717) is 5.92 Å². The van der Waals surface area contributed by atoms with E-state index in [9.17, 15) is 0 Å². The predicted molar refractivity (Wildman–Crippen MR) is 131 cm³/mol. The van der Waals surface area contributed by atoms with Crippen LogP contribution in [-0.2, 0) is 0 Å². The Morgan fingerprint density at radius 3 is 1.07 bits per heavy atom. The molecule has 0 radical (unpaired) electrons. The molecule has 170 valence electrons. The molecule has 0 amide bonds. The van der Waals surface area contributed by atoms with Crippen molar-refractivity contribution in [2.75, 3.05) is 0 Å². The fourth-order valence-electron chi connectivity index (χ4n) is 6.78. The smallest absolute Gasteiger partial charge is 0.0182 e. The predicted octanol–water partition coefficient (Wildman–Crippen LogP) is 10.0. The van der Waals surface area contributed by atoms with Crippen molar-refractivity contribution in [2.45, 2.75) is 137 Å². The minimum Gasteiger partial charge on any atom is -0.0648 e. The maximum Gasteiger partial charge on any atom is -0.0182 e. The van der Waals surface area contributed by atoms with Crippen molar-refractivity contribution >= 4 is 0 Å². The van der Waals surface area contributed by atoms with Crippen molar-refractivity contribution in [3.63, 3.8) is 0 Å². The highest BCUT2D eigenvalue weighted by Gasteiger charge is 2.65. The van der Waals surface area contributed by atoms with Crippen LogP contribution in [0.15, 0.2) is 0 Å². The number of rotatable bonds is 7. The Kier molecular flexibility index (Phi) is 7.92. The zero-order chi connectivity index (χ0) is 23.2. The van der Waals surface area contributed by atoms with Gasteiger partial charge < -0.3 is 0 Å². The monoisotopic (exact) mass is 394 g/mol. The van der Waals surface area contributed by atoms with Gasteiger partial charge in [-0.15, -0.1) is 0 Å². The molecule has 0 saturated heterocycles. The first-order valence-electron chi connectivity index (χ1n) is 12.0. The molecule has 0 spiro atoms. The first-order chi connectivity index (χ1) is 12.0. The van der Waals surface area contributed by atoms with Gasteiger partial charge in [-0.2, -0.15) is 0 Å². The van der Waals surface area contributed by atoms with Gasteiger partial charge in [0.25, 0.3) is 0 Å². The van der Waals surface area contributed by atoms with Crippen LogP contribution in [0.25, 0.3) is 0 Å². The van der Waals surface area contributed by atoms with Gasteiger partial charge in [-0.3, -0.25) is 0 Å². The molecule has 0 fully saturated rings. The average molecular weight is 395 g/mol. The third-order valence-corrected chi connectivity index (χ3v) is 10.5. The van der Waals surface area contributed by atoms with Crippen molar-refractivity contribution in [2.24, 2.45) is 43.8 Å². The van der Waals surface area contributed by atoms with Gasteiger partial charge >= 0.3 is 0 Å². The lowest BCUT2D eigenvalue weighted by Crippen LogP contribution is -2.63. The Morgan fingerprint density at radius 2 is 0.893 bits per heavy atom. The lowest BCUT2D eigenvalue weighted by molar-refractivity contribution is -0.214. The van der Waals surface area contributed by atoms with E-state index in [1.54, 1.807) is 0 Å². The topological polar surface area (TPSA) is 0 Å². The van der Waals surface area contributed by atoms with Crippen molar-refractivity contribution in [3.8, 4) is 0 Å². The molecule has 0 heterocycles. The summed E-state index contributed by atoms with van der Waals surface area (Å²) in [6.45, 7) is 42.5. The van der Waals surface area contributed by atoms with Crippen LogP contribution in [0, 0.1) is 43.8 Å². The summed E-state index contributed by atoms with van der Waals surface area (Å²) in [7, 11) is 0. The molecule has 0 aliphatic heterocycles. The average Bonchev–Trinajstić information content (AvgIpc) is 2.44. The summed E-state index contributed by atoms with van der Waals surface area (Å²) in [5.74, 6) is 0.631. The van der Waals surface area contributed by atoms with Crippen LogP contribution in [0.3, 0.4) is 0 Å². The summed E-state index contributed by atoms with van der Waals surface area (Å²) in [6, 6.07) is 0. The van der Waals surface area contributed by atoms with Crippen LogP contribution in [0.2, 0.25) is 0 Å². The van der Waals surface area contributed by atoms with Gasteiger partial charge in [0.1, 0.15) is 0 Å². The molecule has 0 heteroatoms. The molecule has 0 aromatic heterocycles. The SMILES string of the molecule is CCC(CC)(C(C)(CC(C)(C)C(C)(C)C)C(C)(C)C)C(C)(C(C)C)C(C)(C)C. The summed E-state index contributed by atoms with van der Waals surface area (Å²) in [4.78, 5) is 0. The van der Waals surface area contributed by atoms with Crippen LogP contribution >= 0.6 is 0 Å². The summed E-state index contributed by atoms with van der Waals surface area (Å²) < 4.78 is 0. The van der Waals surface area contributed by atoms with Gasteiger partial charge in [0, 0.05) is 0 Å². The van der Waals surface area contributed by atoms with E-state index < -0.39 is 0 Å². The zero-order valence-electron chi connectivity index (χ0n) is 23.2. The molecule has 28 heavy (non-hydrogen) atoms. The van der Waals surface area contributed by atoms with Crippen molar-refractivity contribution < 1.29 is 0 Å². The normalized spacial score (nSPS) is 19.5. The fraction of sp³-hybridized carbons (Fsp3) is 1.00. The first kappa shape index (κ1) is 28.0. The van der Waals surface area contributed by atoms with Gasteiger partial charge in [0.05, 0.1) is 0 Å². The second-order valence-electron chi connectivity index (χ2n) is 14.3. The number of hydrogen-bond donors (Lipinski definition) is 0. The van der Waals surface area contributed by atoms with Gasteiger partial charge in [-0.1, -0.05) is 118 Å². The summed E-state index contributed by atoms with van der Waals surface area (Å²) >= 11 is 0. The second kappa shape index (κ2) is 7.92. The summed E-state index contributed by atoms with van der Waals surface area (Å²) in [6.07, 6.45) is 3.74. The summed E-state index contributed by atoms with van der Waals surface area (Å²) in [5, 5.41) is 0. The zero-order valence-corrected chi connectivity index (χ0v) is 23.2. The molecule has 0 bridgehead atoms. The molecule has 0 rings (SSSR count). The van der Waals surface area contributed by atoms with Crippen molar-refractivity contribution in [3.05, 3.63) is 0 Å². The fourth-order valence-corrected chi connectivity index (χ4v) is 6.78. The maximum absolute atomic E-state index is 2.65. The van der Waals surface area contributed by atoms with Crippen molar-refractivity contribution in [1.82, 2.24) is 0 Å². The van der Waals surface area contributed by atoms with E-state index >= 15 is 0 Å². The van der Waals surface area contributed by atoms with E-state index in [-0.39, 0.29) is 37.9 Å². The molecular weight excluding hydrogens is 336 g/mol. The highest BCUT2D eigenvalue weighted by atomic mass is 14.7. The third kappa shape index (κ3) is 4.09. The lowest BCUT2D eigenvalue weighted by Gasteiger charge is -2.70. The van der Waals surface area contributed by atoms with Gasteiger partial charge in [-0.25, -0.2) is 0 Å². The van der Waals surface area contributed by atoms with E-state index in [0.717, 1.165) is 0 Å². The Morgan fingerprint density at radius 1 is 0.536 bits per heavy atom. The number of hydrogen-bond acceptors (Lipinski definition) is 0. The molecule has 0 aromatic rings. The lowest BCUT2D eigenvalue weighted by atomic mass is 9.35. The van der Waals surface area contributed by atoms with Gasteiger partial charge in [-0.05, 0) is 63.1 Å². The van der Waals surface area contributed by atoms with Gasteiger partial charge in [0.15, 0.2) is 0 Å². The van der Waals surface area contributed by atoms with Crippen molar-refractivity contribution in [1.29, 1.82) is 0 Å². The maximum atomic E-state index is 2.65. The molecule has 0 saturated carbocycles. The molecular formula is C28H58. The van der Waals surface area contributed by atoms with Crippen LogP contribution in [0.4, 0.5) is 0 Å². The van der Waals surface area contributed by atoms with Gasteiger partial charge in [0.2, 0.25) is 0 Å². The largest absolute Gasteiger partial charge is 0.0648 e. The third-order valence-electron chi connectivity index (χ3n) is 10.5. The Bertz CT molecular complexity index is 496. The second-order valence-corrected chi connectivity index (χ2v) is 14.3. The van der Waals surface area contributed by atoms with Crippen LogP contribution in [0.5, 0.6) is 0 Å². The minimum absolute atomic E-state index is 0.215. The quantitative estimate of drug-likeness (QED) is 0.403. The molecule has 0 N–H and O–H groups in total. The molecule has 0 nitrogen and oxygen atoms in total. The van der Waals surface area contributed by atoms with Crippen LogP contribution < -0.4 is 0 Å².